The molecule has 0 aliphatic heterocycles. The van der Waals surface area contributed by atoms with E-state index in [1.807, 2.05) is 24.3 Å². The van der Waals surface area contributed by atoms with E-state index in [1.54, 1.807) is 18.5 Å². The van der Waals surface area contributed by atoms with Gasteiger partial charge in [-0.1, -0.05) is 30.3 Å². The summed E-state index contributed by atoms with van der Waals surface area (Å²) in [4.78, 5) is 4.28. The van der Waals surface area contributed by atoms with Crippen molar-refractivity contribution >= 4 is 11.0 Å². The molecule has 0 radical (unpaired) electrons. The first kappa shape index (κ1) is 9.90. The Balaban J connectivity index is 2.01. The van der Waals surface area contributed by atoms with E-state index in [2.05, 4.69) is 21.7 Å². The van der Waals surface area contributed by atoms with Crippen molar-refractivity contribution in [1.82, 2.24) is 9.55 Å². The molecule has 0 bridgehead atoms. The van der Waals surface area contributed by atoms with E-state index < -0.39 is 0 Å². The SMILES string of the molecule is Oc1ccc2c(c1)ncn2Cc1ccccc1. The summed E-state index contributed by atoms with van der Waals surface area (Å²) >= 11 is 0. The van der Waals surface area contributed by atoms with Gasteiger partial charge < -0.3 is 9.67 Å². The first-order valence-corrected chi connectivity index (χ1v) is 5.51. The molecule has 3 nitrogen and oxygen atoms in total. The minimum absolute atomic E-state index is 0.252. The molecule has 0 unspecified atom stereocenters. The van der Waals surface area contributed by atoms with E-state index in [0.29, 0.717) is 0 Å². The summed E-state index contributed by atoms with van der Waals surface area (Å²) in [6.07, 6.45) is 1.80. The molecule has 0 atom stereocenters. The highest BCUT2D eigenvalue weighted by Crippen LogP contribution is 2.19. The van der Waals surface area contributed by atoms with E-state index in [9.17, 15) is 5.11 Å². The Bertz CT molecular complexity index is 644. The van der Waals surface area contributed by atoms with E-state index in [4.69, 9.17) is 0 Å². The van der Waals surface area contributed by atoms with E-state index in [-0.39, 0.29) is 5.75 Å². The van der Waals surface area contributed by atoms with Gasteiger partial charge in [-0.15, -0.1) is 0 Å². The normalized spacial score (nSPS) is 10.8. The molecule has 1 heterocycles. The molecular formula is C14H12N2O. The van der Waals surface area contributed by atoms with Crippen LogP contribution in [0, 0.1) is 0 Å². The second-order valence-corrected chi connectivity index (χ2v) is 4.03. The van der Waals surface area contributed by atoms with Crippen LogP contribution in [-0.4, -0.2) is 14.7 Å². The number of hydrogen-bond donors (Lipinski definition) is 1. The van der Waals surface area contributed by atoms with E-state index >= 15 is 0 Å². The quantitative estimate of drug-likeness (QED) is 0.726. The lowest BCUT2D eigenvalue weighted by atomic mass is 10.2. The summed E-state index contributed by atoms with van der Waals surface area (Å²) in [5.74, 6) is 0.252. The smallest absolute Gasteiger partial charge is 0.117 e. The maximum atomic E-state index is 9.38. The highest BCUT2D eigenvalue weighted by Gasteiger charge is 2.03. The third kappa shape index (κ3) is 1.87. The largest absolute Gasteiger partial charge is 0.508 e. The number of benzene rings is 2. The highest BCUT2D eigenvalue weighted by molar-refractivity contribution is 5.76. The van der Waals surface area contributed by atoms with E-state index in [1.165, 1.54) is 5.56 Å². The van der Waals surface area contributed by atoms with Gasteiger partial charge in [-0.3, -0.25) is 0 Å². The molecular weight excluding hydrogens is 212 g/mol. The average molecular weight is 224 g/mol. The molecule has 3 rings (SSSR count). The second-order valence-electron chi connectivity index (χ2n) is 4.03. The number of aromatic nitrogens is 2. The van der Waals surface area contributed by atoms with Crippen molar-refractivity contribution in [2.24, 2.45) is 0 Å². The Hall–Kier alpha value is -2.29. The molecule has 0 aliphatic rings. The zero-order valence-electron chi connectivity index (χ0n) is 9.24. The lowest BCUT2D eigenvalue weighted by Crippen LogP contribution is -1.97. The molecule has 1 aromatic heterocycles. The topological polar surface area (TPSA) is 38.1 Å². The van der Waals surface area contributed by atoms with Crippen LogP contribution in [0.25, 0.3) is 11.0 Å². The molecule has 0 spiro atoms. The molecule has 3 aromatic rings. The van der Waals surface area contributed by atoms with Gasteiger partial charge in [-0.25, -0.2) is 4.98 Å². The fourth-order valence-corrected chi connectivity index (χ4v) is 1.96. The minimum Gasteiger partial charge on any atom is -0.508 e. The van der Waals surface area contributed by atoms with Crippen LogP contribution in [0.4, 0.5) is 0 Å². The average Bonchev–Trinajstić information content (AvgIpc) is 2.73. The maximum absolute atomic E-state index is 9.38. The number of rotatable bonds is 2. The summed E-state index contributed by atoms with van der Waals surface area (Å²) in [6.45, 7) is 0.794. The van der Waals surface area contributed by atoms with Crippen LogP contribution in [-0.2, 0) is 6.54 Å². The van der Waals surface area contributed by atoms with Crippen LogP contribution in [0.15, 0.2) is 54.9 Å². The fourth-order valence-electron chi connectivity index (χ4n) is 1.96. The molecule has 2 aromatic carbocycles. The zero-order chi connectivity index (χ0) is 11.7. The van der Waals surface area contributed by atoms with Gasteiger partial charge in [0.2, 0.25) is 0 Å². The Labute approximate surface area is 99.0 Å². The van der Waals surface area contributed by atoms with Crippen LogP contribution in [0.3, 0.4) is 0 Å². The number of hydrogen-bond acceptors (Lipinski definition) is 2. The van der Waals surface area contributed by atoms with Crippen molar-refractivity contribution in [3.05, 3.63) is 60.4 Å². The minimum atomic E-state index is 0.252. The lowest BCUT2D eigenvalue weighted by Gasteiger charge is -2.04. The molecule has 3 heteroatoms. The second kappa shape index (κ2) is 3.94. The molecule has 1 N–H and O–H groups in total. The monoisotopic (exact) mass is 224 g/mol. The van der Waals surface area contributed by atoms with Gasteiger partial charge >= 0.3 is 0 Å². The number of phenolic OH excluding ortho intramolecular Hbond substituents is 1. The van der Waals surface area contributed by atoms with Gasteiger partial charge in [0.15, 0.2) is 0 Å². The maximum Gasteiger partial charge on any atom is 0.117 e. The van der Waals surface area contributed by atoms with Crippen molar-refractivity contribution in [3.8, 4) is 5.75 Å². The van der Waals surface area contributed by atoms with Gasteiger partial charge in [0, 0.05) is 12.6 Å². The predicted molar refractivity (Wildman–Crippen MR) is 66.9 cm³/mol. The van der Waals surface area contributed by atoms with Gasteiger partial charge in [0.1, 0.15) is 5.75 Å². The van der Waals surface area contributed by atoms with Gasteiger partial charge in [-0.05, 0) is 17.7 Å². The Morgan fingerprint density at radius 3 is 2.71 bits per heavy atom. The van der Waals surface area contributed by atoms with E-state index in [0.717, 1.165) is 17.6 Å². The van der Waals surface area contributed by atoms with Gasteiger partial charge in [-0.2, -0.15) is 0 Å². The summed E-state index contributed by atoms with van der Waals surface area (Å²) in [6, 6.07) is 15.5. The summed E-state index contributed by atoms with van der Waals surface area (Å²) in [5.41, 5.74) is 3.09. The van der Waals surface area contributed by atoms with Crippen molar-refractivity contribution in [1.29, 1.82) is 0 Å². The first-order chi connectivity index (χ1) is 8.33. The third-order valence-corrected chi connectivity index (χ3v) is 2.80. The molecule has 0 saturated carbocycles. The molecule has 84 valence electrons. The number of aromatic hydroxyl groups is 1. The number of phenols is 1. The molecule has 17 heavy (non-hydrogen) atoms. The Kier molecular flexibility index (Phi) is 2.29. The summed E-state index contributed by atoms with van der Waals surface area (Å²) < 4.78 is 2.07. The zero-order valence-corrected chi connectivity index (χ0v) is 9.24. The third-order valence-electron chi connectivity index (χ3n) is 2.80. The molecule has 0 amide bonds. The van der Waals surface area contributed by atoms with Crippen molar-refractivity contribution < 1.29 is 5.11 Å². The van der Waals surface area contributed by atoms with Crippen molar-refractivity contribution in [3.63, 3.8) is 0 Å². The predicted octanol–water partition coefficient (Wildman–Crippen LogP) is 2.79. The van der Waals surface area contributed by atoms with Gasteiger partial charge in [0.25, 0.3) is 0 Å². The molecule has 0 fully saturated rings. The van der Waals surface area contributed by atoms with Crippen LogP contribution in [0.2, 0.25) is 0 Å². The lowest BCUT2D eigenvalue weighted by molar-refractivity contribution is 0.476. The number of fused-ring (bicyclic) bond motifs is 1. The summed E-state index contributed by atoms with van der Waals surface area (Å²) in [7, 11) is 0. The van der Waals surface area contributed by atoms with Crippen molar-refractivity contribution in [2.75, 3.05) is 0 Å². The van der Waals surface area contributed by atoms with Crippen molar-refractivity contribution in [2.45, 2.75) is 6.54 Å². The molecule has 0 saturated heterocycles. The Morgan fingerprint density at radius 2 is 1.88 bits per heavy atom. The number of imidazole rings is 1. The highest BCUT2D eigenvalue weighted by atomic mass is 16.3. The standard InChI is InChI=1S/C14H12N2O/c17-12-6-7-14-13(8-12)15-10-16(14)9-11-4-2-1-3-5-11/h1-8,10,17H,9H2. The fraction of sp³-hybridized carbons (Fsp3) is 0.0714. The van der Waals surface area contributed by atoms with Crippen LogP contribution < -0.4 is 0 Å². The van der Waals surface area contributed by atoms with Crippen LogP contribution in [0.5, 0.6) is 5.75 Å². The summed E-state index contributed by atoms with van der Waals surface area (Å²) in [5, 5.41) is 9.38. The van der Waals surface area contributed by atoms with Gasteiger partial charge in [0.05, 0.1) is 17.4 Å². The van der Waals surface area contributed by atoms with Crippen LogP contribution in [0.1, 0.15) is 5.56 Å². The first-order valence-electron chi connectivity index (χ1n) is 5.51. The Morgan fingerprint density at radius 1 is 1.06 bits per heavy atom. The molecule has 0 aliphatic carbocycles. The number of nitrogens with zero attached hydrogens (tertiary/aromatic N) is 2. The van der Waals surface area contributed by atoms with Crippen LogP contribution >= 0.6 is 0 Å².